The van der Waals surface area contributed by atoms with Gasteiger partial charge in [-0.25, -0.2) is 4.79 Å². The number of amides is 2. The maximum absolute atomic E-state index is 13.6. The molecule has 0 aromatic carbocycles. The summed E-state index contributed by atoms with van der Waals surface area (Å²) in [7, 11) is 1.75. The first-order valence-electron chi connectivity index (χ1n) is 13.0. The van der Waals surface area contributed by atoms with Crippen molar-refractivity contribution in [1.29, 1.82) is 0 Å². The quantitative estimate of drug-likeness (QED) is 0.358. The molecule has 1 aliphatic heterocycles. The van der Waals surface area contributed by atoms with E-state index in [9.17, 15) is 14.4 Å². The summed E-state index contributed by atoms with van der Waals surface area (Å²) in [6.07, 6.45) is 4.76. The van der Waals surface area contributed by atoms with Crippen molar-refractivity contribution in [2.75, 3.05) is 20.2 Å². The maximum atomic E-state index is 13.6. The van der Waals surface area contributed by atoms with Crippen LogP contribution in [0.25, 0.3) is 0 Å². The van der Waals surface area contributed by atoms with Crippen LogP contribution in [0.2, 0.25) is 0 Å². The Bertz CT molecular complexity index is 717. The van der Waals surface area contributed by atoms with E-state index in [1.54, 1.807) is 31.9 Å². The first-order valence-corrected chi connectivity index (χ1v) is 13.0. The van der Waals surface area contributed by atoms with Crippen LogP contribution in [0.3, 0.4) is 0 Å². The van der Waals surface area contributed by atoms with Crippen LogP contribution in [0.5, 0.6) is 0 Å². The van der Waals surface area contributed by atoms with Gasteiger partial charge in [-0.1, -0.05) is 47.1 Å². The minimum Gasteiger partial charge on any atom is -0.463 e. The molecule has 34 heavy (non-hydrogen) atoms. The summed E-state index contributed by atoms with van der Waals surface area (Å²) >= 11 is 0. The first-order chi connectivity index (χ1) is 15.8. The van der Waals surface area contributed by atoms with Crippen molar-refractivity contribution >= 4 is 17.8 Å². The van der Waals surface area contributed by atoms with Crippen molar-refractivity contribution in [3.63, 3.8) is 0 Å². The van der Waals surface area contributed by atoms with Crippen LogP contribution in [0, 0.1) is 17.8 Å². The Kier molecular flexibility index (Phi) is 12.3. The van der Waals surface area contributed by atoms with Crippen LogP contribution < -0.4 is 5.32 Å². The molecule has 1 rings (SSSR count). The molecule has 7 heteroatoms. The molecule has 0 spiro atoms. The van der Waals surface area contributed by atoms with E-state index in [0.29, 0.717) is 18.1 Å². The molecule has 0 unspecified atom stereocenters. The summed E-state index contributed by atoms with van der Waals surface area (Å²) in [5.74, 6) is 0.0424. The van der Waals surface area contributed by atoms with Crippen molar-refractivity contribution < 1.29 is 19.1 Å². The number of likely N-dealkylation sites (N-methyl/N-ethyl adjacent to an activating group) is 1. The van der Waals surface area contributed by atoms with Gasteiger partial charge < -0.3 is 15.0 Å². The van der Waals surface area contributed by atoms with E-state index in [1.165, 1.54) is 0 Å². The van der Waals surface area contributed by atoms with E-state index in [4.69, 9.17) is 4.74 Å². The standard InChI is InChI=1S/C27H49N3O4/c1-11-21-13-14-22(30(16-21)19(7)8)25(31)28-24(18(5)6)26(32)29(10)23(17(3)4)15-20(9)27(33)34-12-2/h15,17-19,21-24H,11-14,16H2,1-10H3,(H,28,31)/b20-15+/t21-,22-,23-,24+/m1/s1. The number of carbonyl (C=O) groups is 3. The summed E-state index contributed by atoms with van der Waals surface area (Å²) in [5.41, 5.74) is 0.477. The lowest BCUT2D eigenvalue weighted by Crippen LogP contribution is -2.59. The molecule has 2 amide bonds. The minimum absolute atomic E-state index is 0.0666. The third kappa shape index (κ3) is 8.10. The third-order valence-corrected chi connectivity index (χ3v) is 6.99. The zero-order valence-corrected chi connectivity index (χ0v) is 23.2. The van der Waals surface area contributed by atoms with Gasteiger partial charge in [-0.05, 0) is 58.3 Å². The van der Waals surface area contributed by atoms with Crippen molar-refractivity contribution in [2.24, 2.45) is 17.8 Å². The number of ether oxygens (including phenoxy) is 1. The second-order valence-corrected chi connectivity index (χ2v) is 10.6. The predicted octanol–water partition coefficient (Wildman–Crippen LogP) is 4.02. The molecule has 1 heterocycles. The molecule has 1 saturated heterocycles. The van der Waals surface area contributed by atoms with E-state index in [0.717, 1.165) is 25.8 Å². The van der Waals surface area contributed by atoms with Gasteiger partial charge in [-0.15, -0.1) is 0 Å². The summed E-state index contributed by atoms with van der Waals surface area (Å²) in [4.78, 5) is 43.1. The molecule has 1 fully saturated rings. The largest absolute Gasteiger partial charge is 0.463 e. The topological polar surface area (TPSA) is 79.0 Å². The normalized spacial score (nSPS) is 21.5. The molecule has 0 radical (unpaired) electrons. The number of rotatable bonds is 11. The maximum Gasteiger partial charge on any atom is 0.333 e. The monoisotopic (exact) mass is 479 g/mol. The van der Waals surface area contributed by atoms with Gasteiger partial charge in [0.2, 0.25) is 11.8 Å². The highest BCUT2D eigenvalue weighted by Crippen LogP contribution is 2.26. The van der Waals surface area contributed by atoms with Gasteiger partial charge >= 0.3 is 5.97 Å². The van der Waals surface area contributed by atoms with Gasteiger partial charge in [-0.2, -0.15) is 0 Å². The third-order valence-electron chi connectivity index (χ3n) is 6.99. The molecule has 0 bridgehead atoms. The molecule has 0 saturated carbocycles. The Morgan fingerprint density at radius 3 is 2.15 bits per heavy atom. The summed E-state index contributed by atoms with van der Waals surface area (Å²) < 4.78 is 5.10. The summed E-state index contributed by atoms with van der Waals surface area (Å²) in [6.45, 7) is 19.1. The van der Waals surface area contributed by atoms with Gasteiger partial charge in [0.25, 0.3) is 0 Å². The molecule has 0 aliphatic carbocycles. The fraction of sp³-hybridized carbons (Fsp3) is 0.815. The van der Waals surface area contributed by atoms with Crippen LogP contribution >= 0.6 is 0 Å². The molecule has 1 aliphatic rings. The average Bonchev–Trinajstić information content (AvgIpc) is 2.78. The Morgan fingerprint density at radius 1 is 1.06 bits per heavy atom. The van der Waals surface area contributed by atoms with Crippen molar-refractivity contribution in [1.82, 2.24) is 15.1 Å². The Labute approximate surface area is 207 Å². The lowest BCUT2D eigenvalue weighted by Gasteiger charge is -2.42. The van der Waals surface area contributed by atoms with Gasteiger partial charge in [-0.3, -0.25) is 14.5 Å². The summed E-state index contributed by atoms with van der Waals surface area (Å²) in [5, 5.41) is 3.09. The number of hydrogen-bond donors (Lipinski definition) is 1. The molecule has 1 N–H and O–H groups in total. The zero-order chi connectivity index (χ0) is 26.2. The van der Waals surface area contributed by atoms with Crippen molar-refractivity contribution in [2.45, 2.75) is 106 Å². The van der Waals surface area contributed by atoms with Crippen LogP contribution in [0.15, 0.2) is 11.6 Å². The second-order valence-electron chi connectivity index (χ2n) is 10.6. The summed E-state index contributed by atoms with van der Waals surface area (Å²) in [6, 6.07) is -0.869. The fourth-order valence-corrected chi connectivity index (χ4v) is 4.71. The highest BCUT2D eigenvalue weighted by molar-refractivity contribution is 5.91. The van der Waals surface area contributed by atoms with E-state index < -0.39 is 6.04 Å². The molecule has 7 nitrogen and oxygen atoms in total. The number of nitrogens with zero attached hydrogens (tertiary/aromatic N) is 2. The number of nitrogens with one attached hydrogen (secondary N) is 1. The van der Waals surface area contributed by atoms with Gasteiger partial charge in [0, 0.05) is 25.2 Å². The molecule has 4 atom stereocenters. The molecule has 0 aromatic rings. The Hall–Kier alpha value is -1.89. The van der Waals surface area contributed by atoms with E-state index in [2.05, 4.69) is 31.0 Å². The predicted molar refractivity (Wildman–Crippen MR) is 137 cm³/mol. The Morgan fingerprint density at radius 2 is 1.68 bits per heavy atom. The van der Waals surface area contributed by atoms with Gasteiger partial charge in [0.15, 0.2) is 0 Å². The van der Waals surface area contributed by atoms with Crippen LogP contribution in [-0.2, 0) is 19.1 Å². The second kappa shape index (κ2) is 13.9. The number of hydrogen-bond acceptors (Lipinski definition) is 5. The van der Waals surface area contributed by atoms with E-state index in [1.807, 2.05) is 27.7 Å². The fourth-order valence-electron chi connectivity index (χ4n) is 4.71. The SMILES string of the molecule is CCOC(=O)/C(C)=C/[C@H](C(C)C)N(C)C(=O)[C@@H](NC(=O)[C@H]1CC[C@@H](CC)CN1C(C)C)C(C)C. The van der Waals surface area contributed by atoms with Gasteiger partial charge in [0.1, 0.15) is 6.04 Å². The lowest BCUT2D eigenvalue weighted by atomic mass is 9.89. The number of carbonyl (C=O) groups excluding carboxylic acids is 3. The molecular weight excluding hydrogens is 430 g/mol. The smallest absolute Gasteiger partial charge is 0.333 e. The zero-order valence-electron chi connectivity index (χ0n) is 23.2. The van der Waals surface area contributed by atoms with Crippen molar-refractivity contribution in [3.05, 3.63) is 11.6 Å². The van der Waals surface area contributed by atoms with Crippen LogP contribution in [0.4, 0.5) is 0 Å². The number of esters is 1. The van der Waals surface area contributed by atoms with Crippen LogP contribution in [-0.4, -0.2) is 72.0 Å². The highest BCUT2D eigenvalue weighted by Gasteiger charge is 2.37. The van der Waals surface area contributed by atoms with Crippen LogP contribution in [0.1, 0.15) is 81.6 Å². The molecular formula is C27H49N3O4. The Balaban J connectivity index is 3.07. The number of piperidine rings is 1. The van der Waals surface area contributed by atoms with Gasteiger partial charge in [0.05, 0.1) is 18.7 Å². The highest BCUT2D eigenvalue weighted by atomic mass is 16.5. The average molecular weight is 480 g/mol. The first kappa shape index (κ1) is 30.1. The van der Waals surface area contributed by atoms with E-state index in [-0.39, 0.29) is 47.7 Å². The molecule has 196 valence electrons. The van der Waals surface area contributed by atoms with Crippen molar-refractivity contribution in [3.8, 4) is 0 Å². The number of likely N-dealkylation sites (tertiary alicyclic amines) is 1. The lowest BCUT2D eigenvalue weighted by molar-refractivity contribution is -0.141. The minimum atomic E-state index is -0.632. The molecule has 0 aromatic heterocycles. The van der Waals surface area contributed by atoms with E-state index >= 15 is 0 Å².